The number of pyridine rings is 2. The summed E-state index contributed by atoms with van der Waals surface area (Å²) in [5.41, 5.74) is -0.596. The van der Waals surface area contributed by atoms with Crippen LogP contribution in [0, 0.1) is 5.92 Å². The van der Waals surface area contributed by atoms with Crippen molar-refractivity contribution in [3.8, 4) is 0 Å². The van der Waals surface area contributed by atoms with Crippen molar-refractivity contribution in [2.45, 2.75) is 6.18 Å². The summed E-state index contributed by atoms with van der Waals surface area (Å²) in [6, 6.07) is 5.15. The second kappa shape index (κ2) is 7.06. The zero-order chi connectivity index (χ0) is 17.9. The van der Waals surface area contributed by atoms with E-state index < -0.39 is 17.6 Å². The van der Waals surface area contributed by atoms with E-state index in [4.69, 9.17) is 4.74 Å². The molecule has 0 saturated carbocycles. The number of hydrogen-bond acceptors (Lipinski definition) is 5. The second-order valence-electron chi connectivity index (χ2n) is 5.57. The Bertz CT molecular complexity index is 746. The van der Waals surface area contributed by atoms with Crippen molar-refractivity contribution in [2.24, 2.45) is 5.92 Å². The van der Waals surface area contributed by atoms with Crippen molar-refractivity contribution >= 4 is 17.5 Å². The second-order valence-corrected chi connectivity index (χ2v) is 5.57. The molecule has 132 valence electrons. The van der Waals surface area contributed by atoms with E-state index in [0.29, 0.717) is 37.7 Å². The van der Waals surface area contributed by atoms with Crippen LogP contribution in [0.25, 0.3) is 0 Å². The van der Waals surface area contributed by atoms with Crippen LogP contribution in [-0.4, -0.2) is 35.6 Å². The van der Waals surface area contributed by atoms with Gasteiger partial charge in [-0.3, -0.25) is 4.79 Å². The van der Waals surface area contributed by atoms with Gasteiger partial charge in [0.25, 0.3) is 5.91 Å². The lowest BCUT2D eigenvalue weighted by molar-refractivity contribution is -0.137. The molecule has 1 fully saturated rings. The molecule has 0 spiro atoms. The maximum Gasteiger partial charge on any atom is 0.417 e. The number of carbonyl (C=O) groups is 1. The Balaban J connectivity index is 1.68. The molecule has 0 unspecified atom stereocenters. The topological polar surface area (TPSA) is 76.1 Å². The number of nitrogens with one attached hydrogen (secondary N) is 2. The van der Waals surface area contributed by atoms with Gasteiger partial charge in [-0.2, -0.15) is 13.2 Å². The highest BCUT2D eigenvalue weighted by atomic mass is 19.4. The van der Waals surface area contributed by atoms with Crippen LogP contribution < -0.4 is 10.6 Å². The Kier molecular flexibility index (Phi) is 4.84. The van der Waals surface area contributed by atoms with Gasteiger partial charge in [0.1, 0.15) is 11.6 Å². The van der Waals surface area contributed by atoms with Crippen LogP contribution in [0.5, 0.6) is 0 Å². The SMILES string of the molecule is O=C(Nc1ccc(C(F)(F)F)cn1)c1cccnc1NCC1COC1. The zero-order valence-electron chi connectivity index (χ0n) is 13.0. The Morgan fingerprint density at radius 2 is 2.04 bits per heavy atom. The largest absolute Gasteiger partial charge is 0.417 e. The van der Waals surface area contributed by atoms with E-state index in [9.17, 15) is 18.0 Å². The van der Waals surface area contributed by atoms with Crippen LogP contribution in [0.2, 0.25) is 0 Å². The molecule has 2 aromatic rings. The average molecular weight is 352 g/mol. The third kappa shape index (κ3) is 4.24. The third-order valence-electron chi connectivity index (χ3n) is 3.65. The molecular weight excluding hydrogens is 337 g/mol. The highest BCUT2D eigenvalue weighted by Gasteiger charge is 2.30. The van der Waals surface area contributed by atoms with Gasteiger partial charge in [-0.25, -0.2) is 9.97 Å². The fraction of sp³-hybridized carbons (Fsp3) is 0.312. The standard InChI is InChI=1S/C16H15F3N4O2/c17-16(18,19)11-3-4-13(21-7-11)23-15(24)12-2-1-5-20-14(12)22-6-10-8-25-9-10/h1-5,7,10H,6,8-9H2,(H,20,22)(H,21,23,24). The highest BCUT2D eigenvalue weighted by Crippen LogP contribution is 2.29. The number of halogens is 3. The summed E-state index contributed by atoms with van der Waals surface area (Å²) in [5.74, 6) is 0.293. The van der Waals surface area contributed by atoms with Gasteiger partial charge in [-0.15, -0.1) is 0 Å². The van der Waals surface area contributed by atoms with Gasteiger partial charge in [0, 0.05) is 24.9 Å². The number of aromatic nitrogens is 2. The van der Waals surface area contributed by atoms with E-state index >= 15 is 0 Å². The Labute approximate surface area is 141 Å². The molecule has 2 aromatic heterocycles. The minimum Gasteiger partial charge on any atom is -0.381 e. The molecule has 3 rings (SSSR count). The fourth-order valence-electron chi connectivity index (χ4n) is 2.19. The number of amides is 1. The molecule has 6 nitrogen and oxygen atoms in total. The summed E-state index contributed by atoms with van der Waals surface area (Å²) < 4.78 is 42.7. The predicted molar refractivity (Wildman–Crippen MR) is 84.2 cm³/mol. The number of ether oxygens (including phenoxy) is 1. The van der Waals surface area contributed by atoms with Crippen LogP contribution in [0.1, 0.15) is 15.9 Å². The van der Waals surface area contributed by atoms with Crippen LogP contribution >= 0.6 is 0 Å². The normalized spacial score (nSPS) is 14.7. The smallest absolute Gasteiger partial charge is 0.381 e. The number of anilines is 2. The quantitative estimate of drug-likeness (QED) is 0.865. The Morgan fingerprint density at radius 1 is 1.24 bits per heavy atom. The molecule has 25 heavy (non-hydrogen) atoms. The van der Waals surface area contributed by atoms with Crippen molar-refractivity contribution in [3.05, 3.63) is 47.8 Å². The summed E-state index contributed by atoms with van der Waals surface area (Å²) in [6.07, 6.45) is -2.25. The fourth-order valence-corrected chi connectivity index (χ4v) is 2.19. The van der Waals surface area contributed by atoms with Crippen molar-refractivity contribution in [1.82, 2.24) is 9.97 Å². The van der Waals surface area contributed by atoms with E-state index in [1.54, 1.807) is 18.3 Å². The van der Waals surface area contributed by atoms with Gasteiger partial charge in [0.2, 0.25) is 0 Å². The molecule has 0 bridgehead atoms. The molecule has 0 atom stereocenters. The monoisotopic (exact) mass is 352 g/mol. The first-order valence-electron chi connectivity index (χ1n) is 7.55. The molecule has 3 heterocycles. The molecule has 0 aliphatic carbocycles. The Morgan fingerprint density at radius 3 is 2.64 bits per heavy atom. The predicted octanol–water partition coefficient (Wildman–Crippen LogP) is 2.81. The molecule has 1 aliphatic heterocycles. The van der Waals surface area contributed by atoms with Crippen molar-refractivity contribution in [3.63, 3.8) is 0 Å². The molecule has 9 heteroatoms. The van der Waals surface area contributed by atoms with Crippen molar-refractivity contribution in [2.75, 3.05) is 30.4 Å². The number of alkyl halides is 3. The molecule has 1 amide bonds. The molecule has 1 aliphatic rings. The van der Waals surface area contributed by atoms with Gasteiger partial charge < -0.3 is 15.4 Å². The lowest BCUT2D eigenvalue weighted by Crippen LogP contribution is -2.34. The first-order valence-corrected chi connectivity index (χ1v) is 7.55. The Hall–Kier alpha value is -2.68. The minimum atomic E-state index is -4.47. The third-order valence-corrected chi connectivity index (χ3v) is 3.65. The number of nitrogens with zero attached hydrogens (tertiary/aromatic N) is 2. The van der Waals surface area contributed by atoms with Gasteiger partial charge in [-0.1, -0.05) is 0 Å². The number of rotatable bonds is 5. The molecule has 0 radical (unpaired) electrons. The molecule has 1 saturated heterocycles. The van der Waals surface area contributed by atoms with E-state index in [0.717, 1.165) is 12.1 Å². The minimum absolute atomic E-state index is 0.0280. The first kappa shape index (κ1) is 17.2. The maximum absolute atomic E-state index is 12.5. The first-order chi connectivity index (χ1) is 11.9. The van der Waals surface area contributed by atoms with Crippen LogP contribution in [0.4, 0.5) is 24.8 Å². The van der Waals surface area contributed by atoms with Crippen molar-refractivity contribution in [1.29, 1.82) is 0 Å². The van der Waals surface area contributed by atoms with E-state index in [1.165, 1.54) is 0 Å². The summed E-state index contributed by atoms with van der Waals surface area (Å²) in [4.78, 5) is 20.1. The zero-order valence-corrected chi connectivity index (χ0v) is 13.0. The van der Waals surface area contributed by atoms with Gasteiger partial charge >= 0.3 is 6.18 Å². The maximum atomic E-state index is 12.5. The summed E-state index contributed by atoms with van der Waals surface area (Å²) in [7, 11) is 0. The van der Waals surface area contributed by atoms with Crippen LogP contribution in [0.15, 0.2) is 36.7 Å². The van der Waals surface area contributed by atoms with Gasteiger partial charge in [0.15, 0.2) is 0 Å². The molecular formula is C16H15F3N4O2. The summed E-state index contributed by atoms with van der Waals surface area (Å²) in [6.45, 7) is 1.95. The highest BCUT2D eigenvalue weighted by molar-refractivity contribution is 6.07. The van der Waals surface area contributed by atoms with E-state index in [1.807, 2.05) is 0 Å². The van der Waals surface area contributed by atoms with E-state index in [2.05, 4.69) is 20.6 Å². The molecule has 2 N–H and O–H groups in total. The summed E-state index contributed by atoms with van der Waals surface area (Å²) in [5, 5.41) is 5.56. The lowest BCUT2D eigenvalue weighted by atomic mass is 10.1. The summed E-state index contributed by atoms with van der Waals surface area (Å²) >= 11 is 0. The van der Waals surface area contributed by atoms with Crippen LogP contribution in [0.3, 0.4) is 0 Å². The average Bonchev–Trinajstić information content (AvgIpc) is 2.53. The number of carbonyl (C=O) groups excluding carboxylic acids is 1. The van der Waals surface area contributed by atoms with Gasteiger partial charge in [-0.05, 0) is 24.3 Å². The van der Waals surface area contributed by atoms with E-state index in [-0.39, 0.29) is 11.4 Å². The lowest BCUT2D eigenvalue weighted by Gasteiger charge is -2.26. The van der Waals surface area contributed by atoms with Gasteiger partial charge in [0.05, 0.1) is 24.3 Å². The van der Waals surface area contributed by atoms with Crippen LogP contribution in [-0.2, 0) is 10.9 Å². The number of hydrogen-bond donors (Lipinski definition) is 2. The van der Waals surface area contributed by atoms with Crippen molar-refractivity contribution < 1.29 is 22.7 Å². The molecule has 0 aromatic carbocycles.